The van der Waals surface area contributed by atoms with E-state index in [1.165, 1.54) is 41.5 Å². The van der Waals surface area contributed by atoms with E-state index in [0.717, 1.165) is 51.4 Å². The number of nitrogens with zero attached hydrogens (tertiary/aromatic N) is 2. The van der Waals surface area contributed by atoms with Crippen molar-refractivity contribution < 1.29 is 4.74 Å². The highest BCUT2D eigenvalue weighted by molar-refractivity contribution is 5.82. The summed E-state index contributed by atoms with van der Waals surface area (Å²) in [7, 11) is 0. The predicted molar refractivity (Wildman–Crippen MR) is 122 cm³/mol. The summed E-state index contributed by atoms with van der Waals surface area (Å²) in [6, 6.07) is 17.2. The Kier molecular flexibility index (Phi) is 6.73. The van der Waals surface area contributed by atoms with Crippen LogP contribution in [-0.2, 0) is 6.42 Å². The normalized spacial score (nSPS) is 15.1. The van der Waals surface area contributed by atoms with Gasteiger partial charge in [-0.15, -0.1) is 0 Å². The Bertz CT molecular complexity index is 878. The van der Waals surface area contributed by atoms with Crippen LogP contribution in [-0.4, -0.2) is 49.2 Å². The van der Waals surface area contributed by atoms with Crippen LogP contribution in [0.3, 0.4) is 0 Å². The van der Waals surface area contributed by atoms with Gasteiger partial charge in [-0.1, -0.05) is 25.1 Å². The monoisotopic (exact) mass is 391 g/mol. The third kappa shape index (κ3) is 5.13. The number of ether oxygens (including phenoxy) is 1. The molecule has 2 heterocycles. The second kappa shape index (κ2) is 9.84. The molecule has 1 saturated heterocycles. The number of piperazine rings is 1. The number of aromatic nitrogens is 1. The minimum atomic E-state index is 0.790. The Hall–Kier alpha value is -2.46. The number of aromatic amines is 1. The number of fused-ring (bicyclic) bond motifs is 1. The van der Waals surface area contributed by atoms with E-state index in [9.17, 15) is 0 Å². The van der Waals surface area contributed by atoms with Gasteiger partial charge < -0.3 is 14.6 Å². The highest BCUT2D eigenvalue weighted by atomic mass is 16.5. The Labute approximate surface area is 174 Å². The molecule has 29 heavy (non-hydrogen) atoms. The van der Waals surface area contributed by atoms with Gasteiger partial charge in [-0.2, -0.15) is 0 Å². The van der Waals surface area contributed by atoms with Gasteiger partial charge in [-0.3, -0.25) is 4.90 Å². The third-order valence-electron chi connectivity index (χ3n) is 5.89. The van der Waals surface area contributed by atoms with Crippen molar-refractivity contribution in [3.63, 3.8) is 0 Å². The summed E-state index contributed by atoms with van der Waals surface area (Å²) in [5, 5.41) is 1.38. The molecule has 0 saturated carbocycles. The third-order valence-corrected chi connectivity index (χ3v) is 5.89. The van der Waals surface area contributed by atoms with Gasteiger partial charge in [0.25, 0.3) is 0 Å². The molecule has 1 N–H and O–H groups in total. The molecule has 1 aromatic heterocycles. The number of rotatable bonds is 9. The van der Waals surface area contributed by atoms with Crippen molar-refractivity contribution in [1.29, 1.82) is 0 Å². The fourth-order valence-electron chi connectivity index (χ4n) is 4.19. The standard InChI is InChI=1S/C25H33N3O/c1-2-19-29-23-12-10-22(11-13-23)28-17-15-27(16-18-28)14-6-5-7-21-20-26-25-9-4-3-8-24(21)25/h3-4,8-13,20,26H,2,5-7,14-19H2,1H3. The molecule has 0 spiro atoms. The van der Waals surface area contributed by atoms with Crippen molar-refractivity contribution in [2.75, 3.05) is 44.2 Å². The zero-order valence-electron chi connectivity index (χ0n) is 17.6. The van der Waals surface area contributed by atoms with Gasteiger partial charge in [0.1, 0.15) is 5.75 Å². The van der Waals surface area contributed by atoms with E-state index in [2.05, 4.69) is 76.4 Å². The van der Waals surface area contributed by atoms with Gasteiger partial charge in [-0.25, -0.2) is 0 Å². The lowest BCUT2D eigenvalue weighted by atomic mass is 10.1. The molecule has 0 atom stereocenters. The molecule has 2 aromatic carbocycles. The Morgan fingerprint density at radius 3 is 2.52 bits per heavy atom. The molecule has 1 aliphatic rings. The van der Waals surface area contributed by atoms with Gasteiger partial charge in [0.05, 0.1) is 6.61 Å². The van der Waals surface area contributed by atoms with Gasteiger partial charge in [-0.05, 0) is 68.1 Å². The lowest BCUT2D eigenvalue weighted by Gasteiger charge is -2.36. The first-order valence-electron chi connectivity index (χ1n) is 11.1. The molecular formula is C25H33N3O. The first-order valence-corrected chi connectivity index (χ1v) is 11.1. The number of nitrogens with one attached hydrogen (secondary N) is 1. The van der Waals surface area contributed by atoms with Crippen LogP contribution < -0.4 is 9.64 Å². The molecule has 0 aliphatic carbocycles. The average molecular weight is 392 g/mol. The molecule has 3 aromatic rings. The number of benzene rings is 2. The van der Waals surface area contributed by atoms with Gasteiger partial charge in [0, 0.05) is 49.0 Å². The minimum Gasteiger partial charge on any atom is -0.494 e. The van der Waals surface area contributed by atoms with Crippen LogP contribution in [0.1, 0.15) is 31.7 Å². The zero-order chi connectivity index (χ0) is 19.9. The fourth-order valence-corrected chi connectivity index (χ4v) is 4.19. The van der Waals surface area contributed by atoms with Crippen molar-refractivity contribution in [3.8, 4) is 5.75 Å². The summed E-state index contributed by atoms with van der Waals surface area (Å²) in [5.74, 6) is 0.976. The van der Waals surface area contributed by atoms with E-state index in [-0.39, 0.29) is 0 Å². The minimum absolute atomic E-state index is 0.790. The van der Waals surface area contributed by atoms with E-state index >= 15 is 0 Å². The van der Waals surface area contributed by atoms with Crippen LogP contribution in [0, 0.1) is 0 Å². The smallest absolute Gasteiger partial charge is 0.119 e. The largest absolute Gasteiger partial charge is 0.494 e. The molecule has 1 fully saturated rings. The molecule has 1 aliphatic heterocycles. The van der Waals surface area contributed by atoms with E-state index in [4.69, 9.17) is 4.74 Å². The lowest BCUT2D eigenvalue weighted by Crippen LogP contribution is -2.46. The zero-order valence-corrected chi connectivity index (χ0v) is 17.6. The molecule has 0 bridgehead atoms. The molecule has 4 heteroatoms. The first kappa shape index (κ1) is 19.8. The second-order valence-corrected chi connectivity index (χ2v) is 7.99. The van der Waals surface area contributed by atoms with Crippen LogP contribution in [0.5, 0.6) is 5.75 Å². The number of H-pyrrole nitrogens is 1. The van der Waals surface area contributed by atoms with E-state index < -0.39 is 0 Å². The summed E-state index contributed by atoms with van der Waals surface area (Å²) in [6.45, 7) is 8.66. The molecule has 0 unspecified atom stereocenters. The van der Waals surface area contributed by atoms with Crippen molar-refractivity contribution >= 4 is 16.6 Å². The van der Waals surface area contributed by atoms with Crippen molar-refractivity contribution in [3.05, 3.63) is 60.3 Å². The Morgan fingerprint density at radius 2 is 1.72 bits per heavy atom. The van der Waals surface area contributed by atoms with Crippen LogP contribution in [0.25, 0.3) is 10.9 Å². The Morgan fingerprint density at radius 1 is 0.931 bits per heavy atom. The SMILES string of the molecule is CCCOc1ccc(N2CCN(CCCCc3c[nH]c4ccccc34)CC2)cc1. The van der Waals surface area contributed by atoms with Crippen molar-refractivity contribution in [2.45, 2.75) is 32.6 Å². The second-order valence-electron chi connectivity index (χ2n) is 7.99. The fraction of sp³-hybridized carbons (Fsp3) is 0.440. The number of aryl methyl sites for hydroxylation is 1. The van der Waals surface area contributed by atoms with E-state index in [0.29, 0.717) is 0 Å². The Balaban J connectivity index is 1.17. The predicted octanol–water partition coefficient (Wildman–Crippen LogP) is 5.10. The van der Waals surface area contributed by atoms with Crippen LogP contribution >= 0.6 is 0 Å². The molecular weight excluding hydrogens is 358 g/mol. The molecule has 0 radical (unpaired) electrons. The summed E-state index contributed by atoms with van der Waals surface area (Å²) in [5.41, 5.74) is 4.02. The molecule has 0 amide bonds. The summed E-state index contributed by atoms with van der Waals surface area (Å²) in [6.07, 6.45) is 6.91. The van der Waals surface area contributed by atoms with Crippen LogP contribution in [0.2, 0.25) is 0 Å². The number of unbranched alkanes of at least 4 members (excludes halogenated alkanes) is 1. The van der Waals surface area contributed by atoms with Gasteiger partial charge in [0.15, 0.2) is 0 Å². The maximum atomic E-state index is 5.69. The molecule has 4 rings (SSSR count). The summed E-state index contributed by atoms with van der Waals surface area (Å²) >= 11 is 0. The highest BCUT2D eigenvalue weighted by Gasteiger charge is 2.17. The number of para-hydroxylation sites is 1. The molecule has 154 valence electrons. The summed E-state index contributed by atoms with van der Waals surface area (Å²) in [4.78, 5) is 8.50. The quantitative estimate of drug-likeness (QED) is 0.515. The van der Waals surface area contributed by atoms with Crippen molar-refractivity contribution in [1.82, 2.24) is 9.88 Å². The number of anilines is 1. The first-order chi connectivity index (χ1) is 14.3. The average Bonchev–Trinajstić information content (AvgIpc) is 3.19. The van der Waals surface area contributed by atoms with Crippen LogP contribution in [0.15, 0.2) is 54.7 Å². The van der Waals surface area contributed by atoms with Gasteiger partial charge >= 0.3 is 0 Å². The number of hydrogen-bond acceptors (Lipinski definition) is 3. The molecule has 4 nitrogen and oxygen atoms in total. The highest BCUT2D eigenvalue weighted by Crippen LogP contribution is 2.22. The van der Waals surface area contributed by atoms with E-state index in [1.807, 2.05) is 0 Å². The van der Waals surface area contributed by atoms with Crippen LogP contribution in [0.4, 0.5) is 5.69 Å². The van der Waals surface area contributed by atoms with Crippen molar-refractivity contribution in [2.24, 2.45) is 0 Å². The summed E-state index contributed by atoms with van der Waals surface area (Å²) < 4.78 is 5.69. The maximum Gasteiger partial charge on any atom is 0.119 e. The van der Waals surface area contributed by atoms with Gasteiger partial charge in [0.2, 0.25) is 0 Å². The lowest BCUT2D eigenvalue weighted by molar-refractivity contribution is 0.253. The number of hydrogen-bond donors (Lipinski definition) is 1. The van der Waals surface area contributed by atoms with E-state index in [1.54, 1.807) is 0 Å². The maximum absolute atomic E-state index is 5.69. The topological polar surface area (TPSA) is 31.5 Å².